The number of rotatable bonds is 2. The van der Waals surface area contributed by atoms with E-state index in [4.69, 9.17) is 5.26 Å². The van der Waals surface area contributed by atoms with Gasteiger partial charge < -0.3 is 5.32 Å². The lowest BCUT2D eigenvalue weighted by Gasteiger charge is -2.19. The van der Waals surface area contributed by atoms with Crippen LogP contribution in [0.25, 0.3) is 0 Å². The van der Waals surface area contributed by atoms with Crippen LogP contribution in [-0.2, 0) is 0 Å². The average Bonchev–Trinajstić information content (AvgIpc) is 2.53. The fraction of sp³-hybridized carbons (Fsp3) is 0.533. The third-order valence-electron chi connectivity index (χ3n) is 3.70. The zero-order chi connectivity index (χ0) is 12.5. The number of benzene rings is 1. The van der Waals surface area contributed by atoms with E-state index in [1.807, 2.05) is 24.3 Å². The molecule has 90 valence electrons. The van der Waals surface area contributed by atoms with Gasteiger partial charge in [-0.05, 0) is 48.4 Å². The van der Waals surface area contributed by atoms with Crippen LogP contribution >= 0.6 is 0 Å². The van der Waals surface area contributed by atoms with E-state index < -0.39 is 0 Å². The van der Waals surface area contributed by atoms with Crippen molar-refractivity contribution in [2.75, 3.05) is 5.32 Å². The summed E-state index contributed by atoms with van der Waals surface area (Å²) in [6.45, 7) is 6.99. The lowest BCUT2D eigenvalue weighted by molar-refractivity contribution is 0.366. The lowest BCUT2D eigenvalue weighted by atomic mass is 9.91. The molecule has 0 spiro atoms. The molecule has 0 aliphatic heterocycles. The normalized spacial score (nSPS) is 26.5. The first-order chi connectivity index (χ1) is 8.00. The second-order valence-electron chi connectivity index (χ2n) is 5.99. The number of anilines is 1. The van der Waals surface area contributed by atoms with E-state index in [1.165, 1.54) is 12.8 Å². The minimum Gasteiger partial charge on any atom is -0.382 e. The summed E-state index contributed by atoms with van der Waals surface area (Å²) in [4.78, 5) is 0. The maximum absolute atomic E-state index is 8.75. The maximum atomic E-state index is 8.75. The number of nitriles is 1. The summed E-state index contributed by atoms with van der Waals surface area (Å²) in [5.74, 6) is 0.709. The van der Waals surface area contributed by atoms with Crippen molar-refractivity contribution in [2.45, 2.75) is 39.7 Å². The highest BCUT2D eigenvalue weighted by molar-refractivity contribution is 5.48. The second-order valence-corrected chi connectivity index (χ2v) is 5.99. The number of hydrogen-bond donors (Lipinski definition) is 1. The highest BCUT2D eigenvalue weighted by Gasteiger charge is 2.36. The molecule has 1 aromatic rings. The lowest BCUT2D eigenvalue weighted by Crippen LogP contribution is -2.22. The van der Waals surface area contributed by atoms with Crippen LogP contribution in [0.5, 0.6) is 0 Å². The molecule has 1 N–H and O–H groups in total. The Morgan fingerprint density at radius 2 is 1.88 bits per heavy atom. The van der Waals surface area contributed by atoms with Crippen LogP contribution in [0, 0.1) is 22.7 Å². The van der Waals surface area contributed by atoms with Gasteiger partial charge in [-0.1, -0.05) is 20.8 Å². The number of hydrogen-bond acceptors (Lipinski definition) is 2. The van der Waals surface area contributed by atoms with Gasteiger partial charge in [0.25, 0.3) is 0 Å². The molecule has 2 unspecified atom stereocenters. The molecule has 1 fully saturated rings. The van der Waals surface area contributed by atoms with E-state index in [0.29, 0.717) is 17.4 Å². The molecule has 2 rings (SSSR count). The highest BCUT2D eigenvalue weighted by Crippen LogP contribution is 2.42. The molecule has 0 aromatic heterocycles. The molecular weight excluding hydrogens is 208 g/mol. The van der Waals surface area contributed by atoms with Crippen LogP contribution in [-0.4, -0.2) is 6.04 Å². The fourth-order valence-corrected chi connectivity index (χ4v) is 2.94. The summed E-state index contributed by atoms with van der Waals surface area (Å²) in [6.07, 6.45) is 2.50. The SMILES string of the molecule is CC1CC(C)(C)CC1Nc1ccc(C#N)cc1. The summed E-state index contributed by atoms with van der Waals surface area (Å²) in [7, 11) is 0. The third kappa shape index (κ3) is 2.79. The summed E-state index contributed by atoms with van der Waals surface area (Å²) in [6, 6.07) is 10.4. The van der Waals surface area contributed by atoms with Gasteiger partial charge in [0.15, 0.2) is 0 Å². The summed E-state index contributed by atoms with van der Waals surface area (Å²) >= 11 is 0. The van der Waals surface area contributed by atoms with Gasteiger partial charge in [-0.3, -0.25) is 0 Å². The standard InChI is InChI=1S/C15H20N2/c1-11-8-15(2,3)9-14(11)17-13-6-4-12(10-16)5-7-13/h4-7,11,14,17H,8-9H2,1-3H3. The van der Waals surface area contributed by atoms with Gasteiger partial charge >= 0.3 is 0 Å². The Kier molecular flexibility index (Phi) is 3.11. The Labute approximate surface area is 104 Å². The minimum absolute atomic E-state index is 0.448. The van der Waals surface area contributed by atoms with E-state index in [1.54, 1.807) is 0 Å². The van der Waals surface area contributed by atoms with Crippen molar-refractivity contribution in [3.8, 4) is 6.07 Å². The van der Waals surface area contributed by atoms with Gasteiger partial charge in [0, 0.05) is 11.7 Å². The minimum atomic E-state index is 0.448. The Morgan fingerprint density at radius 3 is 2.35 bits per heavy atom. The van der Waals surface area contributed by atoms with Crippen molar-refractivity contribution >= 4 is 5.69 Å². The Morgan fingerprint density at radius 1 is 1.24 bits per heavy atom. The molecule has 0 saturated heterocycles. The van der Waals surface area contributed by atoms with Crippen LogP contribution in [0.3, 0.4) is 0 Å². The molecule has 1 saturated carbocycles. The molecular formula is C15H20N2. The van der Waals surface area contributed by atoms with E-state index in [2.05, 4.69) is 32.2 Å². The Hall–Kier alpha value is -1.49. The molecule has 17 heavy (non-hydrogen) atoms. The molecule has 0 amide bonds. The van der Waals surface area contributed by atoms with E-state index in [-0.39, 0.29) is 0 Å². The predicted molar refractivity (Wildman–Crippen MR) is 70.7 cm³/mol. The van der Waals surface area contributed by atoms with Crippen molar-refractivity contribution in [2.24, 2.45) is 11.3 Å². The maximum Gasteiger partial charge on any atom is 0.0991 e. The predicted octanol–water partition coefficient (Wildman–Crippen LogP) is 3.79. The molecule has 0 heterocycles. The second kappa shape index (κ2) is 4.41. The van der Waals surface area contributed by atoms with Gasteiger partial charge in [-0.25, -0.2) is 0 Å². The van der Waals surface area contributed by atoms with Crippen LogP contribution in [0.4, 0.5) is 5.69 Å². The summed E-state index contributed by atoms with van der Waals surface area (Å²) < 4.78 is 0. The first-order valence-corrected chi connectivity index (χ1v) is 6.27. The third-order valence-corrected chi connectivity index (χ3v) is 3.70. The van der Waals surface area contributed by atoms with E-state index in [9.17, 15) is 0 Å². The van der Waals surface area contributed by atoms with Crippen LogP contribution < -0.4 is 5.32 Å². The van der Waals surface area contributed by atoms with Crippen molar-refractivity contribution in [1.82, 2.24) is 0 Å². The molecule has 2 nitrogen and oxygen atoms in total. The van der Waals surface area contributed by atoms with E-state index >= 15 is 0 Å². The van der Waals surface area contributed by atoms with Crippen LogP contribution in [0.15, 0.2) is 24.3 Å². The zero-order valence-corrected chi connectivity index (χ0v) is 10.8. The molecule has 0 bridgehead atoms. The van der Waals surface area contributed by atoms with Crippen molar-refractivity contribution in [1.29, 1.82) is 5.26 Å². The van der Waals surface area contributed by atoms with Gasteiger partial charge in [0.2, 0.25) is 0 Å². The first-order valence-electron chi connectivity index (χ1n) is 6.27. The summed E-state index contributed by atoms with van der Waals surface area (Å²) in [5, 5.41) is 12.3. The van der Waals surface area contributed by atoms with Gasteiger partial charge in [-0.2, -0.15) is 5.26 Å². The number of nitrogens with zero attached hydrogens (tertiary/aromatic N) is 1. The summed E-state index contributed by atoms with van der Waals surface area (Å²) in [5.41, 5.74) is 2.29. The van der Waals surface area contributed by atoms with Gasteiger partial charge in [-0.15, -0.1) is 0 Å². The van der Waals surface area contributed by atoms with Gasteiger partial charge in [0.1, 0.15) is 0 Å². The smallest absolute Gasteiger partial charge is 0.0991 e. The molecule has 2 atom stereocenters. The fourth-order valence-electron chi connectivity index (χ4n) is 2.94. The van der Waals surface area contributed by atoms with Crippen LogP contribution in [0.2, 0.25) is 0 Å². The largest absolute Gasteiger partial charge is 0.382 e. The molecule has 2 heteroatoms. The molecule has 1 aromatic carbocycles. The molecule has 1 aliphatic carbocycles. The Bertz CT molecular complexity index is 425. The Balaban J connectivity index is 2.04. The topological polar surface area (TPSA) is 35.8 Å². The highest BCUT2D eigenvalue weighted by atomic mass is 14.9. The van der Waals surface area contributed by atoms with Gasteiger partial charge in [0.05, 0.1) is 11.6 Å². The average molecular weight is 228 g/mol. The quantitative estimate of drug-likeness (QED) is 0.835. The molecule has 1 aliphatic rings. The van der Waals surface area contributed by atoms with E-state index in [0.717, 1.165) is 11.3 Å². The zero-order valence-electron chi connectivity index (χ0n) is 10.8. The van der Waals surface area contributed by atoms with Crippen LogP contribution in [0.1, 0.15) is 39.2 Å². The van der Waals surface area contributed by atoms with Crippen molar-refractivity contribution in [3.05, 3.63) is 29.8 Å². The first kappa shape index (κ1) is 12.0. The monoisotopic (exact) mass is 228 g/mol. The van der Waals surface area contributed by atoms with Crippen molar-refractivity contribution in [3.63, 3.8) is 0 Å². The van der Waals surface area contributed by atoms with Crippen molar-refractivity contribution < 1.29 is 0 Å². The molecule has 0 radical (unpaired) electrons. The number of nitrogens with one attached hydrogen (secondary N) is 1.